The molecular formula is C14H24N2. The van der Waals surface area contributed by atoms with Gasteiger partial charge in [0.15, 0.2) is 0 Å². The maximum atomic E-state index is 5.68. The first-order valence-electron chi connectivity index (χ1n) is 6.26. The first kappa shape index (κ1) is 13.2. The number of hydrogen-bond donors (Lipinski definition) is 2. The van der Waals surface area contributed by atoms with E-state index in [2.05, 4.69) is 36.5 Å². The molecule has 1 aromatic rings. The van der Waals surface area contributed by atoms with Crippen molar-refractivity contribution in [3.8, 4) is 0 Å². The smallest absolute Gasteiger partial charge is 0.00225 e. The van der Waals surface area contributed by atoms with Crippen molar-refractivity contribution in [1.82, 2.24) is 5.32 Å². The van der Waals surface area contributed by atoms with Gasteiger partial charge in [-0.05, 0) is 50.4 Å². The van der Waals surface area contributed by atoms with Gasteiger partial charge in [0, 0.05) is 6.04 Å². The summed E-state index contributed by atoms with van der Waals surface area (Å²) < 4.78 is 0. The van der Waals surface area contributed by atoms with Crippen molar-refractivity contribution in [2.75, 3.05) is 13.1 Å². The summed E-state index contributed by atoms with van der Waals surface area (Å²) in [5.41, 5.74) is 8.50. The molecule has 1 aromatic carbocycles. The van der Waals surface area contributed by atoms with Crippen molar-refractivity contribution >= 4 is 0 Å². The minimum absolute atomic E-state index is 0.302. The second-order valence-corrected chi connectivity index (χ2v) is 4.44. The molecule has 90 valence electrons. The summed E-state index contributed by atoms with van der Waals surface area (Å²) in [6.07, 6.45) is 3.27. The Balaban J connectivity index is 2.16. The van der Waals surface area contributed by atoms with Crippen molar-refractivity contribution in [3.63, 3.8) is 0 Å². The SMILES string of the molecule is CCc1ccc(CCNCCC(C)N)cc1. The lowest BCUT2D eigenvalue weighted by atomic mass is 10.1. The topological polar surface area (TPSA) is 38.0 Å². The van der Waals surface area contributed by atoms with E-state index in [1.54, 1.807) is 0 Å². The fourth-order valence-corrected chi connectivity index (χ4v) is 1.63. The molecule has 0 aliphatic heterocycles. The van der Waals surface area contributed by atoms with E-state index in [0.717, 1.165) is 32.4 Å². The third-order valence-corrected chi connectivity index (χ3v) is 2.80. The zero-order valence-corrected chi connectivity index (χ0v) is 10.5. The highest BCUT2D eigenvalue weighted by atomic mass is 14.8. The predicted octanol–water partition coefficient (Wildman–Crippen LogP) is 2.12. The van der Waals surface area contributed by atoms with Crippen LogP contribution < -0.4 is 11.1 Å². The molecule has 0 fully saturated rings. The van der Waals surface area contributed by atoms with Crippen LogP contribution in [-0.4, -0.2) is 19.1 Å². The number of hydrogen-bond acceptors (Lipinski definition) is 2. The zero-order chi connectivity index (χ0) is 11.8. The molecule has 1 rings (SSSR count). The van der Waals surface area contributed by atoms with Gasteiger partial charge < -0.3 is 11.1 Å². The average molecular weight is 220 g/mol. The van der Waals surface area contributed by atoms with E-state index in [-0.39, 0.29) is 0 Å². The minimum Gasteiger partial charge on any atom is -0.328 e. The van der Waals surface area contributed by atoms with Gasteiger partial charge in [0.05, 0.1) is 0 Å². The van der Waals surface area contributed by atoms with Gasteiger partial charge in [-0.1, -0.05) is 31.2 Å². The predicted molar refractivity (Wildman–Crippen MR) is 70.7 cm³/mol. The Bertz CT molecular complexity index is 277. The van der Waals surface area contributed by atoms with Crippen molar-refractivity contribution in [2.45, 2.75) is 39.2 Å². The lowest BCUT2D eigenvalue weighted by Gasteiger charge is -2.07. The van der Waals surface area contributed by atoms with E-state index in [4.69, 9.17) is 5.73 Å². The molecule has 2 heteroatoms. The Morgan fingerprint density at radius 2 is 1.75 bits per heavy atom. The van der Waals surface area contributed by atoms with Crippen LogP contribution in [0.3, 0.4) is 0 Å². The number of aryl methyl sites for hydroxylation is 1. The van der Waals surface area contributed by atoms with Gasteiger partial charge in [0.2, 0.25) is 0 Å². The van der Waals surface area contributed by atoms with Crippen LogP contribution in [0.25, 0.3) is 0 Å². The van der Waals surface area contributed by atoms with E-state index in [1.807, 2.05) is 6.92 Å². The molecule has 0 saturated heterocycles. The maximum Gasteiger partial charge on any atom is 0.00225 e. The van der Waals surface area contributed by atoms with Crippen LogP contribution in [0.4, 0.5) is 0 Å². The van der Waals surface area contributed by atoms with Crippen molar-refractivity contribution in [3.05, 3.63) is 35.4 Å². The highest BCUT2D eigenvalue weighted by Crippen LogP contribution is 2.05. The fraction of sp³-hybridized carbons (Fsp3) is 0.571. The van der Waals surface area contributed by atoms with Gasteiger partial charge in [-0.2, -0.15) is 0 Å². The van der Waals surface area contributed by atoms with Crippen LogP contribution in [0.15, 0.2) is 24.3 Å². The summed E-state index contributed by atoms with van der Waals surface area (Å²) >= 11 is 0. The standard InChI is InChI=1S/C14H24N2/c1-3-13-4-6-14(7-5-13)9-11-16-10-8-12(2)15/h4-7,12,16H,3,8-11,15H2,1-2H3. The summed E-state index contributed by atoms with van der Waals surface area (Å²) in [5, 5.41) is 3.41. The quantitative estimate of drug-likeness (QED) is 0.691. The van der Waals surface area contributed by atoms with E-state index < -0.39 is 0 Å². The summed E-state index contributed by atoms with van der Waals surface area (Å²) in [5.74, 6) is 0. The average Bonchev–Trinajstić information content (AvgIpc) is 2.29. The fourth-order valence-electron chi connectivity index (χ4n) is 1.63. The van der Waals surface area contributed by atoms with E-state index in [1.165, 1.54) is 11.1 Å². The number of nitrogens with two attached hydrogens (primary N) is 1. The highest BCUT2D eigenvalue weighted by molar-refractivity contribution is 5.22. The van der Waals surface area contributed by atoms with Gasteiger partial charge >= 0.3 is 0 Å². The summed E-state index contributed by atoms with van der Waals surface area (Å²) in [7, 11) is 0. The molecule has 1 unspecified atom stereocenters. The van der Waals surface area contributed by atoms with Crippen molar-refractivity contribution < 1.29 is 0 Å². The van der Waals surface area contributed by atoms with E-state index in [9.17, 15) is 0 Å². The molecule has 0 heterocycles. The van der Waals surface area contributed by atoms with Crippen molar-refractivity contribution in [2.24, 2.45) is 5.73 Å². The molecule has 0 aliphatic rings. The normalized spacial score (nSPS) is 12.7. The van der Waals surface area contributed by atoms with Crippen LogP contribution in [-0.2, 0) is 12.8 Å². The van der Waals surface area contributed by atoms with Crippen LogP contribution >= 0.6 is 0 Å². The molecule has 16 heavy (non-hydrogen) atoms. The third kappa shape index (κ3) is 5.29. The zero-order valence-electron chi connectivity index (χ0n) is 10.5. The molecule has 2 nitrogen and oxygen atoms in total. The molecule has 0 amide bonds. The largest absolute Gasteiger partial charge is 0.328 e. The van der Waals surface area contributed by atoms with Crippen LogP contribution in [0.1, 0.15) is 31.4 Å². The monoisotopic (exact) mass is 220 g/mol. The van der Waals surface area contributed by atoms with Gasteiger partial charge in [0.1, 0.15) is 0 Å². The molecule has 0 aliphatic carbocycles. The lowest BCUT2D eigenvalue weighted by Crippen LogP contribution is -2.25. The van der Waals surface area contributed by atoms with E-state index in [0.29, 0.717) is 6.04 Å². The third-order valence-electron chi connectivity index (χ3n) is 2.80. The van der Waals surface area contributed by atoms with Crippen LogP contribution in [0.2, 0.25) is 0 Å². The number of benzene rings is 1. The molecule has 0 spiro atoms. The molecule has 1 atom stereocenters. The second kappa shape index (κ2) is 7.42. The summed E-state index contributed by atoms with van der Waals surface area (Å²) in [6, 6.07) is 9.20. The lowest BCUT2D eigenvalue weighted by molar-refractivity contribution is 0.590. The Morgan fingerprint density at radius 3 is 2.31 bits per heavy atom. The number of nitrogens with one attached hydrogen (secondary N) is 1. The van der Waals surface area contributed by atoms with Gasteiger partial charge in [-0.15, -0.1) is 0 Å². The van der Waals surface area contributed by atoms with Crippen LogP contribution in [0, 0.1) is 0 Å². The van der Waals surface area contributed by atoms with Crippen molar-refractivity contribution in [1.29, 1.82) is 0 Å². The summed E-state index contributed by atoms with van der Waals surface area (Å²) in [4.78, 5) is 0. The molecule has 3 N–H and O–H groups in total. The molecular weight excluding hydrogens is 196 g/mol. The van der Waals surface area contributed by atoms with Crippen LogP contribution in [0.5, 0.6) is 0 Å². The molecule has 0 saturated carbocycles. The Hall–Kier alpha value is -0.860. The summed E-state index contributed by atoms with van der Waals surface area (Å²) in [6.45, 7) is 6.29. The van der Waals surface area contributed by atoms with Gasteiger partial charge in [-0.3, -0.25) is 0 Å². The first-order chi connectivity index (χ1) is 7.72. The maximum absolute atomic E-state index is 5.68. The first-order valence-corrected chi connectivity index (χ1v) is 6.26. The molecule has 0 radical (unpaired) electrons. The Kier molecular flexibility index (Phi) is 6.12. The minimum atomic E-state index is 0.302. The second-order valence-electron chi connectivity index (χ2n) is 4.44. The Morgan fingerprint density at radius 1 is 1.12 bits per heavy atom. The number of rotatable bonds is 7. The van der Waals surface area contributed by atoms with Gasteiger partial charge in [-0.25, -0.2) is 0 Å². The van der Waals surface area contributed by atoms with E-state index >= 15 is 0 Å². The van der Waals surface area contributed by atoms with Gasteiger partial charge in [0.25, 0.3) is 0 Å². The highest BCUT2D eigenvalue weighted by Gasteiger charge is 1.95. The molecule has 0 aromatic heterocycles. The molecule has 0 bridgehead atoms. The Labute approximate surface area is 99.2 Å².